The van der Waals surface area contributed by atoms with Crippen molar-refractivity contribution in [3.8, 4) is 17.3 Å². The zero-order valence-electron chi connectivity index (χ0n) is 19.4. The highest BCUT2D eigenvalue weighted by Gasteiger charge is 2.26. The van der Waals surface area contributed by atoms with Crippen molar-refractivity contribution in [3.05, 3.63) is 71.2 Å². The van der Waals surface area contributed by atoms with Crippen LogP contribution in [0.3, 0.4) is 0 Å². The van der Waals surface area contributed by atoms with Crippen LogP contribution in [0.4, 0.5) is 4.39 Å². The molecule has 2 aromatic carbocycles. The van der Waals surface area contributed by atoms with E-state index in [9.17, 15) is 9.18 Å². The van der Waals surface area contributed by atoms with Gasteiger partial charge in [0.25, 0.3) is 0 Å². The van der Waals surface area contributed by atoms with Crippen LogP contribution in [-0.4, -0.2) is 39.8 Å². The van der Waals surface area contributed by atoms with Crippen molar-refractivity contribution in [2.45, 2.75) is 52.7 Å². The lowest BCUT2D eigenvalue weighted by atomic mass is 10.1. The molecule has 0 N–H and O–H groups in total. The molecule has 2 heterocycles. The fourth-order valence-corrected chi connectivity index (χ4v) is 4.10. The molecule has 0 radical (unpaired) electrons. The Morgan fingerprint density at radius 3 is 2.70 bits per heavy atom. The van der Waals surface area contributed by atoms with Crippen molar-refractivity contribution in [2.24, 2.45) is 0 Å². The van der Waals surface area contributed by atoms with Gasteiger partial charge in [0, 0.05) is 20.1 Å². The van der Waals surface area contributed by atoms with Gasteiger partial charge in [0.2, 0.25) is 11.8 Å². The van der Waals surface area contributed by atoms with E-state index in [4.69, 9.17) is 14.6 Å². The second-order valence-electron chi connectivity index (χ2n) is 8.43. The predicted molar refractivity (Wildman–Crippen MR) is 124 cm³/mol. The lowest BCUT2D eigenvalue weighted by Crippen LogP contribution is -2.35. The van der Waals surface area contributed by atoms with E-state index in [0.29, 0.717) is 36.8 Å². The highest BCUT2D eigenvalue weighted by atomic mass is 19.1. The number of hydrogen-bond donors (Lipinski definition) is 0. The smallest absolute Gasteiger partial charge is 0.227 e. The summed E-state index contributed by atoms with van der Waals surface area (Å²) in [5.74, 6) is 0.865. The number of carbonyl (C=O) groups excluding carboxylic acids is 1. The van der Waals surface area contributed by atoms with E-state index in [1.807, 2.05) is 38.1 Å². The van der Waals surface area contributed by atoms with Gasteiger partial charge in [-0.3, -0.25) is 4.79 Å². The molecule has 0 spiro atoms. The van der Waals surface area contributed by atoms with Crippen LogP contribution < -0.4 is 4.74 Å². The second kappa shape index (κ2) is 10.2. The summed E-state index contributed by atoms with van der Waals surface area (Å²) in [6.07, 6.45) is 2.68. The minimum absolute atomic E-state index is 0.0245. The average molecular weight is 452 g/mol. The van der Waals surface area contributed by atoms with Gasteiger partial charge in [-0.1, -0.05) is 19.1 Å². The molecule has 0 aliphatic carbocycles. The molecule has 0 saturated carbocycles. The number of ether oxygens (including phenoxy) is 2. The quantitative estimate of drug-likeness (QED) is 0.472. The molecule has 1 aliphatic rings. The molecule has 0 unspecified atom stereocenters. The predicted octanol–water partition coefficient (Wildman–Crippen LogP) is 5.20. The van der Waals surface area contributed by atoms with Crippen LogP contribution in [0.25, 0.3) is 5.69 Å². The number of amides is 1. The maximum absolute atomic E-state index is 13.6. The standard InChI is InChI=1S/C26H30FN3O3/c1-4-25-24(17-29(19(3)31)16-23-9-6-14-32-23)26(33-22-8-5-7-18(2)15-22)30(28-25)21-12-10-20(27)11-13-21/h5,7-8,10-13,15,23H,4,6,9,14,16-17H2,1-3H3/t23-/m0/s1. The maximum Gasteiger partial charge on any atom is 0.227 e. The molecule has 33 heavy (non-hydrogen) atoms. The number of aromatic nitrogens is 2. The molecule has 174 valence electrons. The maximum atomic E-state index is 13.6. The summed E-state index contributed by atoms with van der Waals surface area (Å²) < 4.78 is 27.4. The van der Waals surface area contributed by atoms with Crippen molar-refractivity contribution in [2.75, 3.05) is 13.2 Å². The SMILES string of the molecule is CCc1nn(-c2ccc(F)cc2)c(Oc2cccc(C)c2)c1CN(C[C@@H]1CCCO1)C(C)=O. The summed E-state index contributed by atoms with van der Waals surface area (Å²) in [7, 11) is 0. The molecule has 1 fully saturated rings. The molecule has 1 amide bonds. The minimum atomic E-state index is -0.317. The van der Waals surface area contributed by atoms with Gasteiger partial charge in [-0.15, -0.1) is 0 Å². The van der Waals surface area contributed by atoms with Gasteiger partial charge in [-0.2, -0.15) is 5.10 Å². The molecule has 7 heteroatoms. The molecule has 3 aromatic rings. The van der Waals surface area contributed by atoms with Crippen LogP contribution in [0.2, 0.25) is 0 Å². The molecule has 6 nitrogen and oxygen atoms in total. The Kier molecular flexibility index (Phi) is 7.08. The van der Waals surface area contributed by atoms with E-state index < -0.39 is 0 Å². The first-order chi connectivity index (χ1) is 15.9. The van der Waals surface area contributed by atoms with Gasteiger partial charge >= 0.3 is 0 Å². The topological polar surface area (TPSA) is 56.6 Å². The number of aryl methyl sites for hydroxylation is 2. The molecule has 0 bridgehead atoms. The van der Waals surface area contributed by atoms with Gasteiger partial charge in [0.05, 0.1) is 29.6 Å². The monoisotopic (exact) mass is 451 g/mol. The molecular weight excluding hydrogens is 421 g/mol. The van der Waals surface area contributed by atoms with Crippen molar-refractivity contribution >= 4 is 5.91 Å². The first-order valence-electron chi connectivity index (χ1n) is 11.4. The van der Waals surface area contributed by atoms with Gasteiger partial charge in [-0.05, 0) is 68.1 Å². The highest BCUT2D eigenvalue weighted by Crippen LogP contribution is 2.33. The second-order valence-corrected chi connectivity index (χ2v) is 8.43. The first kappa shape index (κ1) is 23.0. The Labute approximate surface area is 193 Å². The Morgan fingerprint density at radius 2 is 2.06 bits per heavy atom. The third-order valence-corrected chi connectivity index (χ3v) is 5.87. The number of rotatable bonds is 8. The third kappa shape index (κ3) is 5.42. The number of nitrogens with zero attached hydrogens (tertiary/aromatic N) is 3. The van der Waals surface area contributed by atoms with Crippen LogP contribution in [0, 0.1) is 12.7 Å². The van der Waals surface area contributed by atoms with Crippen molar-refractivity contribution < 1.29 is 18.7 Å². The molecule has 1 saturated heterocycles. The normalized spacial score (nSPS) is 15.6. The van der Waals surface area contributed by atoms with Crippen LogP contribution in [0.5, 0.6) is 11.6 Å². The third-order valence-electron chi connectivity index (χ3n) is 5.87. The Morgan fingerprint density at radius 1 is 1.27 bits per heavy atom. The fourth-order valence-electron chi connectivity index (χ4n) is 4.10. The largest absolute Gasteiger partial charge is 0.439 e. The van der Waals surface area contributed by atoms with Crippen LogP contribution in [-0.2, 0) is 22.5 Å². The summed E-state index contributed by atoms with van der Waals surface area (Å²) in [4.78, 5) is 14.3. The van der Waals surface area contributed by atoms with Gasteiger partial charge in [0.15, 0.2) is 0 Å². The van der Waals surface area contributed by atoms with Crippen molar-refractivity contribution in [1.29, 1.82) is 0 Å². The van der Waals surface area contributed by atoms with Crippen LogP contribution in [0.15, 0.2) is 48.5 Å². The van der Waals surface area contributed by atoms with Gasteiger partial charge < -0.3 is 14.4 Å². The minimum Gasteiger partial charge on any atom is -0.439 e. The summed E-state index contributed by atoms with van der Waals surface area (Å²) in [5, 5.41) is 4.79. The summed E-state index contributed by atoms with van der Waals surface area (Å²) in [5.41, 5.74) is 3.44. The number of carbonyl (C=O) groups is 1. The summed E-state index contributed by atoms with van der Waals surface area (Å²) >= 11 is 0. The summed E-state index contributed by atoms with van der Waals surface area (Å²) in [6.45, 7) is 7.23. The molecule has 4 rings (SSSR count). The van der Waals surface area contributed by atoms with Crippen LogP contribution >= 0.6 is 0 Å². The van der Waals surface area contributed by atoms with Gasteiger partial charge in [-0.25, -0.2) is 9.07 Å². The van der Waals surface area contributed by atoms with Crippen molar-refractivity contribution in [1.82, 2.24) is 14.7 Å². The van der Waals surface area contributed by atoms with E-state index in [1.165, 1.54) is 12.1 Å². The molecular formula is C26H30FN3O3. The lowest BCUT2D eigenvalue weighted by Gasteiger charge is -2.24. The van der Waals surface area contributed by atoms with E-state index in [-0.39, 0.29) is 17.8 Å². The number of hydrogen-bond acceptors (Lipinski definition) is 4. The fraction of sp³-hybridized carbons (Fsp3) is 0.385. The highest BCUT2D eigenvalue weighted by molar-refractivity contribution is 5.73. The number of benzene rings is 2. The van der Waals surface area contributed by atoms with Crippen molar-refractivity contribution in [3.63, 3.8) is 0 Å². The number of halogens is 1. The van der Waals surface area contributed by atoms with E-state index >= 15 is 0 Å². The Bertz CT molecular complexity index is 1100. The van der Waals surface area contributed by atoms with E-state index in [2.05, 4.69) is 0 Å². The molecule has 1 atom stereocenters. The first-order valence-corrected chi connectivity index (χ1v) is 11.4. The molecule has 1 aliphatic heterocycles. The summed E-state index contributed by atoms with van der Waals surface area (Å²) in [6, 6.07) is 13.9. The Balaban J connectivity index is 1.76. The zero-order valence-corrected chi connectivity index (χ0v) is 19.4. The average Bonchev–Trinajstić information content (AvgIpc) is 3.42. The van der Waals surface area contributed by atoms with E-state index in [1.54, 1.807) is 28.6 Å². The van der Waals surface area contributed by atoms with Gasteiger partial charge in [0.1, 0.15) is 11.6 Å². The van der Waals surface area contributed by atoms with Crippen LogP contribution in [0.1, 0.15) is 43.5 Å². The molecule has 1 aromatic heterocycles. The van der Waals surface area contributed by atoms with E-state index in [0.717, 1.165) is 36.3 Å². The zero-order chi connectivity index (χ0) is 23.4. The Hall–Kier alpha value is -3.19. The lowest BCUT2D eigenvalue weighted by molar-refractivity contribution is -0.131.